The average Bonchev–Trinajstić information content (AvgIpc) is 2.46. The van der Waals surface area contributed by atoms with Crippen molar-refractivity contribution in [3.05, 3.63) is 24.4 Å². The van der Waals surface area contributed by atoms with Gasteiger partial charge >= 0.3 is 0 Å². The summed E-state index contributed by atoms with van der Waals surface area (Å²) in [5.74, 6) is 1.02. The van der Waals surface area contributed by atoms with E-state index < -0.39 is 0 Å². The maximum absolute atomic E-state index is 11.0. The molecule has 0 bridgehead atoms. The summed E-state index contributed by atoms with van der Waals surface area (Å²) >= 11 is 0. The minimum Gasteiger partial charge on any atom is -0.354 e. The Morgan fingerprint density at radius 1 is 1.33 bits per heavy atom. The molecule has 2 heterocycles. The van der Waals surface area contributed by atoms with Gasteiger partial charge in [-0.1, -0.05) is 13.0 Å². The van der Waals surface area contributed by atoms with Crippen molar-refractivity contribution in [1.82, 2.24) is 15.0 Å². The van der Waals surface area contributed by atoms with Crippen LogP contribution < -0.4 is 4.90 Å². The lowest BCUT2D eigenvalue weighted by atomic mass is 10.3. The van der Waals surface area contributed by atoms with Gasteiger partial charge in [0.25, 0.3) is 0 Å². The Hall–Kier alpha value is -1.62. The van der Waals surface area contributed by atoms with Crippen LogP contribution in [0.25, 0.3) is 0 Å². The summed E-state index contributed by atoms with van der Waals surface area (Å²) in [5, 5.41) is 3.91. The Balaban J connectivity index is 1.90. The fourth-order valence-corrected chi connectivity index (χ4v) is 2.21. The number of hydrogen-bond acceptors (Lipinski definition) is 4. The Labute approximate surface area is 108 Å². The normalized spacial score (nSPS) is 16.6. The van der Waals surface area contributed by atoms with E-state index >= 15 is 0 Å². The number of anilines is 1. The van der Waals surface area contributed by atoms with E-state index in [2.05, 4.69) is 21.8 Å². The first-order valence-corrected chi connectivity index (χ1v) is 6.48. The Morgan fingerprint density at radius 3 is 2.67 bits per heavy atom. The molecule has 0 unspecified atom stereocenters. The Bertz CT molecular complexity index is 363. The highest BCUT2D eigenvalue weighted by atomic mass is 16.1. The van der Waals surface area contributed by atoms with Gasteiger partial charge in [-0.3, -0.25) is 9.80 Å². The molecule has 1 aliphatic heterocycles. The van der Waals surface area contributed by atoms with Gasteiger partial charge in [-0.05, 0) is 18.6 Å². The highest BCUT2D eigenvalue weighted by molar-refractivity contribution is 5.46. The van der Waals surface area contributed by atoms with Crippen LogP contribution in [0, 0.1) is 0 Å². The van der Waals surface area contributed by atoms with Crippen LogP contribution in [0.4, 0.5) is 5.82 Å². The molecule has 0 aliphatic carbocycles. The molecule has 0 saturated carbocycles. The zero-order valence-corrected chi connectivity index (χ0v) is 10.8. The van der Waals surface area contributed by atoms with Crippen LogP contribution in [0.2, 0.25) is 0 Å². The van der Waals surface area contributed by atoms with Crippen molar-refractivity contribution in [2.45, 2.75) is 13.3 Å². The Morgan fingerprint density at radius 2 is 2.11 bits per heavy atom. The van der Waals surface area contributed by atoms with Gasteiger partial charge in [0.1, 0.15) is 5.82 Å². The number of pyridine rings is 1. The molecule has 0 radical (unpaired) electrons. The maximum atomic E-state index is 11.0. The molecule has 0 spiro atoms. The summed E-state index contributed by atoms with van der Waals surface area (Å²) in [7, 11) is 0. The summed E-state index contributed by atoms with van der Waals surface area (Å²) in [4.78, 5) is 17.6. The monoisotopic (exact) mass is 248 g/mol. The summed E-state index contributed by atoms with van der Waals surface area (Å²) in [5.41, 5.74) is 0. The van der Waals surface area contributed by atoms with E-state index in [1.807, 2.05) is 24.4 Å². The summed E-state index contributed by atoms with van der Waals surface area (Å²) in [6.07, 6.45) is 3.73. The molecule has 1 amide bonds. The Kier molecular flexibility index (Phi) is 4.52. The lowest BCUT2D eigenvalue weighted by Gasteiger charge is -2.39. The molecule has 2 rings (SSSR count). The van der Waals surface area contributed by atoms with E-state index in [1.54, 1.807) is 5.01 Å². The summed E-state index contributed by atoms with van der Waals surface area (Å²) in [6, 6.07) is 5.96. The van der Waals surface area contributed by atoms with Crippen molar-refractivity contribution in [1.29, 1.82) is 0 Å². The topological polar surface area (TPSA) is 39.7 Å². The summed E-state index contributed by atoms with van der Waals surface area (Å²) < 4.78 is 0. The van der Waals surface area contributed by atoms with Crippen LogP contribution in [0.5, 0.6) is 0 Å². The number of rotatable bonds is 5. The first-order valence-electron chi connectivity index (χ1n) is 6.48. The van der Waals surface area contributed by atoms with Crippen LogP contribution in [-0.4, -0.2) is 54.1 Å². The SMILES string of the molecule is CCCN(C=O)N1CCN(c2ccccn2)CC1. The number of amides is 1. The number of hydrazine groups is 1. The smallest absolute Gasteiger partial charge is 0.224 e. The van der Waals surface area contributed by atoms with Crippen molar-refractivity contribution in [3.8, 4) is 0 Å². The standard InChI is InChI=1S/C13H20N4O/c1-2-7-17(12-18)16-10-8-15(9-11-16)13-5-3-4-6-14-13/h3-6,12H,2,7-11H2,1H3. The van der Waals surface area contributed by atoms with Crippen molar-refractivity contribution >= 4 is 12.2 Å². The lowest BCUT2D eigenvalue weighted by Crippen LogP contribution is -2.53. The number of hydrogen-bond donors (Lipinski definition) is 0. The summed E-state index contributed by atoms with van der Waals surface area (Å²) in [6.45, 7) is 6.44. The van der Waals surface area contributed by atoms with Crippen LogP contribution in [0.15, 0.2) is 24.4 Å². The highest BCUT2D eigenvalue weighted by Gasteiger charge is 2.21. The molecule has 0 atom stereocenters. The first kappa shape index (κ1) is 12.8. The van der Waals surface area contributed by atoms with E-state index in [0.29, 0.717) is 0 Å². The second kappa shape index (κ2) is 6.35. The van der Waals surface area contributed by atoms with E-state index in [-0.39, 0.29) is 0 Å². The molecule has 1 saturated heterocycles. The zero-order valence-electron chi connectivity index (χ0n) is 10.8. The highest BCUT2D eigenvalue weighted by Crippen LogP contribution is 2.13. The van der Waals surface area contributed by atoms with Crippen LogP contribution in [-0.2, 0) is 4.79 Å². The van der Waals surface area contributed by atoms with Crippen molar-refractivity contribution in [3.63, 3.8) is 0 Å². The van der Waals surface area contributed by atoms with Crippen molar-refractivity contribution in [2.24, 2.45) is 0 Å². The molecule has 5 nitrogen and oxygen atoms in total. The van der Waals surface area contributed by atoms with Crippen LogP contribution >= 0.6 is 0 Å². The molecule has 5 heteroatoms. The van der Waals surface area contributed by atoms with Gasteiger partial charge in [-0.25, -0.2) is 9.99 Å². The molecule has 98 valence electrons. The predicted molar refractivity (Wildman–Crippen MR) is 71.1 cm³/mol. The van der Waals surface area contributed by atoms with E-state index in [4.69, 9.17) is 0 Å². The quantitative estimate of drug-likeness (QED) is 0.728. The molecule has 1 aromatic heterocycles. The molecular weight excluding hydrogens is 228 g/mol. The molecule has 18 heavy (non-hydrogen) atoms. The first-order chi connectivity index (χ1) is 8.85. The molecule has 1 aliphatic rings. The lowest BCUT2D eigenvalue weighted by molar-refractivity contribution is -0.135. The number of carbonyl (C=O) groups is 1. The van der Waals surface area contributed by atoms with E-state index in [9.17, 15) is 4.79 Å². The maximum Gasteiger partial charge on any atom is 0.224 e. The molecular formula is C13H20N4O. The van der Waals surface area contributed by atoms with Crippen molar-refractivity contribution < 1.29 is 4.79 Å². The molecule has 1 fully saturated rings. The van der Waals surface area contributed by atoms with E-state index in [0.717, 1.165) is 51.4 Å². The molecule has 0 aromatic carbocycles. The van der Waals surface area contributed by atoms with Gasteiger partial charge in [-0.15, -0.1) is 0 Å². The van der Waals surface area contributed by atoms with Crippen LogP contribution in [0.1, 0.15) is 13.3 Å². The third kappa shape index (κ3) is 2.98. The number of piperazine rings is 1. The third-order valence-corrected chi connectivity index (χ3v) is 3.17. The third-order valence-electron chi connectivity index (χ3n) is 3.17. The molecule has 0 N–H and O–H groups in total. The van der Waals surface area contributed by atoms with Gasteiger partial charge in [0.05, 0.1) is 0 Å². The number of aromatic nitrogens is 1. The van der Waals surface area contributed by atoms with Crippen molar-refractivity contribution in [2.75, 3.05) is 37.6 Å². The largest absolute Gasteiger partial charge is 0.354 e. The minimum atomic E-state index is 0.799. The average molecular weight is 248 g/mol. The van der Waals surface area contributed by atoms with Crippen LogP contribution in [0.3, 0.4) is 0 Å². The fourth-order valence-electron chi connectivity index (χ4n) is 2.21. The van der Waals surface area contributed by atoms with Gasteiger partial charge in [0, 0.05) is 38.9 Å². The number of nitrogens with zero attached hydrogens (tertiary/aromatic N) is 4. The minimum absolute atomic E-state index is 0.799. The van der Waals surface area contributed by atoms with Gasteiger partial charge in [-0.2, -0.15) is 0 Å². The second-order valence-corrected chi connectivity index (χ2v) is 4.40. The fraction of sp³-hybridized carbons (Fsp3) is 0.538. The number of carbonyl (C=O) groups excluding carboxylic acids is 1. The van der Waals surface area contributed by atoms with Gasteiger partial charge < -0.3 is 4.90 Å². The zero-order chi connectivity index (χ0) is 12.8. The predicted octanol–water partition coefficient (Wildman–Crippen LogP) is 0.987. The molecule has 1 aromatic rings. The second-order valence-electron chi connectivity index (χ2n) is 4.40. The van der Waals surface area contributed by atoms with E-state index in [1.165, 1.54) is 0 Å². The van der Waals surface area contributed by atoms with Gasteiger partial charge in [0.15, 0.2) is 0 Å². The van der Waals surface area contributed by atoms with Gasteiger partial charge in [0.2, 0.25) is 6.41 Å².